The summed E-state index contributed by atoms with van der Waals surface area (Å²) in [4.78, 5) is 0. The second-order valence-electron chi connectivity index (χ2n) is 3.41. The third-order valence-electron chi connectivity index (χ3n) is 2.00. The van der Waals surface area contributed by atoms with Crippen molar-refractivity contribution >= 4 is 23.3 Å². The van der Waals surface area contributed by atoms with Crippen LogP contribution in [0.15, 0.2) is 0 Å². The van der Waals surface area contributed by atoms with Crippen molar-refractivity contribution in [2.24, 2.45) is 0 Å². The van der Waals surface area contributed by atoms with Crippen molar-refractivity contribution in [3.8, 4) is 0 Å². The molecule has 0 bridgehead atoms. The highest BCUT2D eigenvalue weighted by atomic mass is 79.9. The van der Waals surface area contributed by atoms with E-state index in [1.807, 2.05) is 0 Å². The lowest BCUT2D eigenvalue weighted by Gasteiger charge is -2.32. The quantitative estimate of drug-likeness (QED) is 0.617. The van der Waals surface area contributed by atoms with E-state index in [1.165, 1.54) is 42.9 Å². The van der Waals surface area contributed by atoms with E-state index in [9.17, 15) is 0 Å². The Kier molecular flexibility index (Phi) is 7.76. The molecule has 0 radical (unpaired) electrons. The highest BCUT2D eigenvalue weighted by molar-refractivity contribution is 9.58. The maximum Gasteiger partial charge on any atom is -0.0136 e. The van der Waals surface area contributed by atoms with Crippen LogP contribution in [0.5, 0.6) is 0 Å². The van der Waals surface area contributed by atoms with Gasteiger partial charge in [0.05, 0.1) is 0 Å². The zero-order valence-corrected chi connectivity index (χ0v) is 11.1. The van der Waals surface area contributed by atoms with Crippen LogP contribution >= 0.6 is 23.3 Å². The Hall–Kier alpha value is 0.830. The molecule has 0 heterocycles. The molecule has 12 heavy (non-hydrogen) atoms. The Bertz CT molecular complexity index is 98.0. The second-order valence-corrected chi connectivity index (χ2v) is 10.6. The molecule has 76 valence electrons. The standard InChI is InChI=1S/C10H23BrS/c1-4-7-10-12(11,8-5-2)9-6-3/h4-10H2,1-3H3. The lowest BCUT2D eigenvalue weighted by molar-refractivity contribution is 0.888. The Morgan fingerprint density at radius 1 is 0.833 bits per heavy atom. The fourth-order valence-electron chi connectivity index (χ4n) is 1.44. The molecular weight excluding hydrogens is 232 g/mol. The predicted molar refractivity (Wildman–Crippen MR) is 66.6 cm³/mol. The Balaban J connectivity index is 3.80. The normalized spacial score (nSPS) is 13.3. The Morgan fingerprint density at radius 2 is 1.33 bits per heavy atom. The first kappa shape index (κ1) is 12.8. The summed E-state index contributed by atoms with van der Waals surface area (Å²) in [6.45, 7) is 6.87. The van der Waals surface area contributed by atoms with E-state index >= 15 is 0 Å². The van der Waals surface area contributed by atoms with Crippen LogP contribution < -0.4 is 0 Å². The molecule has 0 saturated carbocycles. The minimum absolute atomic E-state index is 0.389. The van der Waals surface area contributed by atoms with Crippen LogP contribution in [0, 0.1) is 0 Å². The summed E-state index contributed by atoms with van der Waals surface area (Å²) in [7, 11) is -0.389. The predicted octanol–water partition coefficient (Wildman–Crippen LogP) is 4.72. The summed E-state index contributed by atoms with van der Waals surface area (Å²) < 4.78 is 0. The lowest BCUT2D eigenvalue weighted by atomic mass is 10.4. The van der Waals surface area contributed by atoms with Crippen molar-refractivity contribution in [2.45, 2.75) is 46.5 Å². The molecule has 0 aromatic heterocycles. The SMILES string of the molecule is CCCCS(Br)(CCC)CCC. The van der Waals surface area contributed by atoms with E-state index in [2.05, 4.69) is 35.6 Å². The van der Waals surface area contributed by atoms with Gasteiger partial charge < -0.3 is 0 Å². The fourth-order valence-corrected chi connectivity index (χ4v) is 6.95. The van der Waals surface area contributed by atoms with Crippen LogP contribution in [0.2, 0.25) is 0 Å². The van der Waals surface area contributed by atoms with Crippen LogP contribution in [0.4, 0.5) is 0 Å². The van der Waals surface area contributed by atoms with Gasteiger partial charge in [-0.1, -0.05) is 27.2 Å². The first-order valence-electron chi connectivity index (χ1n) is 5.14. The maximum absolute atomic E-state index is 3.99. The molecule has 0 unspecified atom stereocenters. The van der Waals surface area contributed by atoms with Crippen molar-refractivity contribution in [3.63, 3.8) is 0 Å². The molecule has 0 aromatic rings. The van der Waals surface area contributed by atoms with E-state index in [4.69, 9.17) is 0 Å². The molecule has 0 aromatic carbocycles. The number of unbranched alkanes of at least 4 members (excludes halogenated alkanes) is 1. The summed E-state index contributed by atoms with van der Waals surface area (Å²) in [5.74, 6) is 4.27. The van der Waals surface area contributed by atoms with Gasteiger partial charge in [-0.15, -0.1) is 0 Å². The monoisotopic (exact) mass is 254 g/mol. The van der Waals surface area contributed by atoms with Crippen molar-refractivity contribution in [1.82, 2.24) is 0 Å². The molecule has 0 atom stereocenters. The van der Waals surface area contributed by atoms with Crippen molar-refractivity contribution in [3.05, 3.63) is 0 Å². The van der Waals surface area contributed by atoms with Gasteiger partial charge in [-0.25, -0.2) is 0 Å². The molecule has 0 aliphatic heterocycles. The molecule has 0 saturated heterocycles. The molecule has 0 N–H and O–H groups in total. The third-order valence-corrected chi connectivity index (χ3v) is 8.22. The van der Waals surface area contributed by atoms with Gasteiger partial charge in [0.25, 0.3) is 0 Å². The first-order valence-corrected chi connectivity index (χ1v) is 9.12. The largest absolute Gasteiger partial charge is 0.183 e. The van der Waals surface area contributed by atoms with Gasteiger partial charge in [-0.05, 0) is 51.3 Å². The molecule has 0 fully saturated rings. The smallest absolute Gasteiger partial charge is 0.0136 e. The van der Waals surface area contributed by atoms with Crippen molar-refractivity contribution in [1.29, 1.82) is 0 Å². The summed E-state index contributed by atoms with van der Waals surface area (Å²) >= 11 is 3.99. The summed E-state index contributed by atoms with van der Waals surface area (Å²) in [6.07, 6.45) is 5.42. The third kappa shape index (κ3) is 5.47. The molecule has 0 aliphatic carbocycles. The average Bonchev–Trinajstić information content (AvgIpc) is 2.02. The van der Waals surface area contributed by atoms with Gasteiger partial charge in [0, 0.05) is 0 Å². The average molecular weight is 255 g/mol. The molecule has 0 rings (SSSR count). The number of rotatable bonds is 7. The van der Waals surface area contributed by atoms with Crippen LogP contribution in [-0.4, -0.2) is 17.3 Å². The second kappa shape index (κ2) is 7.25. The van der Waals surface area contributed by atoms with Gasteiger partial charge in [-0.2, -0.15) is 8.46 Å². The van der Waals surface area contributed by atoms with Gasteiger partial charge >= 0.3 is 0 Å². The Morgan fingerprint density at radius 3 is 1.67 bits per heavy atom. The zero-order valence-electron chi connectivity index (χ0n) is 8.74. The van der Waals surface area contributed by atoms with Gasteiger partial charge in [0.15, 0.2) is 0 Å². The van der Waals surface area contributed by atoms with Gasteiger partial charge in [0.1, 0.15) is 0 Å². The number of halogens is 1. The highest BCUT2D eigenvalue weighted by Crippen LogP contribution is 2.56. The van der Waals surface area contributed by atoms with E-state index in [-0.39, 0.29) is 8.46 Å². The fraction of sp³-hybridized carbons (Fsp3) is 1.00. The van der Waals surface area contributed by atoms with Gasteiger partial charge in [0.2, 0.25) is 0 Å². The molecule has 0 amide bonds. The van der Waals surface area contributed by atoms with Crippen molar-refractivity contribution < 1.29 is 0 Å². The van der Waals surface area contributed by atoms with E-state index < -0.39 is 0 Å². The summed E-state index contributed by atoms with van der Waals surface area (Å²) in [6, 6.07) is 0. The highest BCUT2D eigenvalue weighted by Gasteiger charge is 2.17. The van der Waals surface area contributed by atoms with E-state index in [1.54, 1.807) is 0 Å². The molecular formula is C10H23BrS. The first-order chi connectivity index (χ1) is 5.68. The molecule has 0 aliphatic rings. The number of hydrogen-bond acceptors (Lipinski definition) is 0. The molecule has 0 nitrogen and oxygen atoms in total. The van der Waals surface area contributed by atoms with E-state index in [0.29, 0.717) is 0 Å². The van der Waals surface area contributed by atoms with E-state index in [0.717, 1.165) is 0 Å². The van der Waals surface area contributed by atoms with Gasteiger partial charge in [-0.3, -0.25) is 0 Å². The van der Waals surface area contributed by atoms with Crippen molar-refractivity contribution in [2.75, 3.05) is 17.3 Å². The maximum atomic E-state index is 3.99. The number of hydrogen-bond donors (Lipinski definition) is 0. The minimum Gasteiger partial charge on any atom is -0.183 e. The zero-order chi connectivity index (χ0) is 9.45. The Labute approximate surface area is 87.0 Å². The minimum atomic E-state index is -0.389. The summed E-state index contributed by atoms with van der Waals surface area (Å²) in [5.41, 5.74) is 0. The van der Waals surface area contributed by atoms with Crippen LogP contribution in [-0.2, 0) is 0 Å². The van der Waals surface area contributed by atoms with Crippen LogP contribution in [0.1, 0.15) is 46.5 Å². The molecule has 0 spiro atoms. The summed E-state index contributed by atoms with van der Waals surface area (Å²) in [5, 5.41) is 0. The lowest BCUT2D eigenvalue weighted by Crippen LogP contribution is -2.06. The topological polar surface area (TPSA) is 0 Å². The van der Waals surface area contributed by atoms with Crippen LogP contribution in [0.25, 0.3) is 0 Å². The molecule has 2 heteroatoms. The van der Waals surface area contributed by atoms with Crippen LogP contribution in [0.3, 0.4) is 0 Å².